The van der Waals surface area contributed by atoms with Gasteiger partial charge in [-0.1, -0.05) is 0 Å². The summed E-state index contributed by atoms with van der Waals surface area (Å²) in [4.78, 5) is 4.14. The van der Waals surface area contributed by atoms with Crippen LogP contribution in [0, 0.1) is 0 Å². The van der Waals surface area contributed by atoms with Gasteiger partial charge in [0.2, 0.25) is 5.25 Å². The third kappa shape index (κ3) is 2.76. The lowest BCUT2D eigenvalue weighted by Crippen LogP contribution is -2.37. The summed E-state index contributed by atoms with van der Waals surface area (Å²) in [5.74, 6) is 0. The van der Waals surface area contributed by atoms with E-state index in [4.69, 9.17) is 20.2 Å². The summed E-state index contributed by atoms with van der Waals surface area (Å²) < 4.78 is 61.5. The molecule has 0 aromatic rings. The lowest BCUT2D eigenvalue weighted by molar-refractivity contribution is -0.0177. The van der Waals surface area contributed by atoms with E-state index in [1.54, 1.807) is 0 Å². The Morgan fingerprint density at radius 3 is 2.06 bits per heavy atom. The number of rotatable bonds is 2. The Kier molecular flexibility index (Phi) is 3.62. The standard InChI is InChI=1S/C6H6N4O6S2/c7-9-3-1-4(10-8)6(18(14,15)16)2-5(3)17(11,12)13/h2,5H,1H2,(H,11,12,13)(H,14,15,16). The molecule has 1 aliphatic rings. The van der Waals surface area contributed by atoms with Crippen LogP contribution in [-0.4, -0.2) is 52.2 Å². The van der Waals surface area contributed by atoms with Crippen molar-refractivity contribution in [3.05, 3.63) is 22.0 Å². The van der Waals surface area contributed by atoms with Crippen LogP contribution in [0.4, 0.5) is 0 Å². The predicted molar refractivity (Wildman–Crippen MR) is 56.8 cm³/mol. The molecule has 1 atom stereocenters. The number of allylic oxidation sites excluding steroid dienone is 1. The number of hydrogen-bond donors (Lipinski definition) is 2. The van der Waals surface area contributed by atoms with E-state index in [2.05, 4.69) is 9.58 Å². The molecule has 0 bridgehead atoms. The molecule has 0 amide bonds. The van der Waals surface area contributed by atoms with Crippen LogP contribution in [0.5, 0.6) is 0 Å². The van der Waals surface area contributed by atoms with Crippen LogP contribution in [0.2, 0.25) is 0 Å². The Morgan fingerprint density at radius 1 is 1.17 bits per heavy atom. The summed E-state index contributed by atoms with van der Waals surface area (Å²) in [6, 6.07) is 0. The van der Waals surface area contributed by atoms with E-state index in [9.17, 15) is 16.8 Å². The van der Waals surface area contributed by atoms with Crippen molar-refractivity contribution in [1.82, 2.24) is 0 Å². The fraction of sp³-hybridized carbons (Fsp3) is 0.333. The molecule has 0 saturated heterocycles. The van der Waals surface area contributed by atoms with Crippen molar-refractivity contribution in [2.75, 3.05) is 0 Å². The van der Waals surface area contributed by atoms with Crippen molar-refractivity contribution in [2.24, 2.45) is 0 Å². The molecule has 0 radical (unpaired) electrons. The summed E-state index contributed by atoms with van der Waals surface area (Å²) in [5.41, 5.74) is 15.9. The van der Waals surface area contributed by atoms with Gasteiger partial charge in [-0.05, 0) is 6.08 Å². The molecule has 12 heteroatoms. The van der Waals surface area contributed by atoms with Crippen LogP contribution in [-0.2, 0) is 20.2 Å². The Labute approximate surface area is 101 Å². The highest BCUT2D eigenvalue weighted by atomic mass is 32.2. The van der Waals surface area contributed by atoms with E-state index < -0.39 is 48.2 Å². The molecule has 0 heterocycles. The lowest BCUT2D eigenvalue weighted by Gasteiger charge is -2.10. The minimum Gasteiger partial charge on any atom is -0.362 e. The van der Waals surface area contributed by atoms with Crippen molar-refractivity contribution >= 4 is 31.7 Å². The summed E-state index contributed by atoms with van der Waals surface area (Å²) in [7, 11) is -9.65. The molecule has 10 nitrogen and oxygen atoms in total. The lowest BCUT2D eigenvalue weighted by atomic mass is 10.0. The molecule has 0 fully saturated rings. The van der Waals surface area contributed by atoms with E-state index in [0.29, 0.717) is 6.08 Å². The molecular formula is C6H6N4O6S2. The van der Waals surface area contributed by atoms with Gasteiger partial charge in [-0.25, -0.2) is 0 Å². The molecular weight excluding hydrogens is 288 g/mol. The zero-order valence-electron chi connectivity index (χ0n) is 8.49. The molecule has 0 aromatic carbocycles. The quantitative estimate of drug-likeness (QED) is 0.364. The Hall–Kier alpha value is -1.68. The van der Waals surface area contributed by atoms with Crippen LogP contribution >= 0.6 is 0 Å². The fourth-order valence-corrected chi connectivity index (χ4v) is 2.95. The molecule has 2 N–H and O–H groups in total. The second-order valence-corrected chi connectivity index (χ2v) is 6.18. The molecule has 98 valence electrons. The molecule has 0 saturated carbocycles. The Morgan fingerprint density at radius 2 is 1.72 bits per heavy atom. The first-order valence-electron chi connectivity index (χ1n) is 4.19. The van der Waals surface area contributed by atoms with Gasteiger partial charge in [-0.15, -0.1) is 0 Å². The molecule has 0 spiro atoms. The normalized spacial score (nSPS) is 21.0. The van der Waals surface area contributed by atoms with Crippen LogP contribution in [0.3, 0.4) is 0 Å². The molecule has 1 aliphatic carbocycles. The maximum Gasteiger partial charge on any atom is 0.324 e. The zero-order valence-corrected chi connectivity index (χ0v) is 10.1. The summed E-state index contributed by atoms with van der Waals surface area (Å²) >= 11 is 0. The van der Waals surface area contributed by atoms with Gasteiger partial charge in [0.25, 0.3) is 10.1 Å². The Bertz CT molecular complexity index is 720. The van der Waals surface area contributed by atoms with E-state index in [1.165, 1.54) is 0 Å². The summed E-state index contributed by atoms with van der Waals surface area (Å²) in [5, 5.41) is -1.95. The minimum atomic E-state index is -4.85. The van der Waals surface area contributed by atoms with Crippen LogP contribution in [0.15, 0.2) is 11.0 Å². The highest BCUT2D eigenvalue weighted by molar-refractivity contribution is 7.91. The van der Waals surface area contributed by atoms with Crippen molar-refractivity contribution < 1.29 is 35.5 Å². The molecule has 1 rings (SSSR count). The molecule has 0 aromatic heterocycles. The van der Waals surface area contributed by atoms with Gasteiger partial charge < -0.3 is 11.1 Å². The van der Waals surface area contributed by atoms with Crippen LogP contribution < -0.4 is 0 Å². The average Bonchev–Trinajstić information content (AvgIpc) is 2.24. The third-order valence-corrected chi connectivity index (χ3v) is 4.09. The SMILES string of the molecule is [N-]=[N+]=C1CC(=[N+]=[N-])C(S(=O)(=O)O)C=C1S(=O)(=O)O. The topological polar surface area (TPSA) is 182 Å². The van der Waals surface area contributed by atoms with Crippen molar-refractivity contribution in [3.63, 3.8) is 0 Å². The van der Waals surface area contributed by atoms with Crippen LogP contribution in [0.1, 0.15) is 6.42 Å². The number of nitrogens with zero attached hydrogens (tertiary/aromatic N) is 4. The van der Waals surface area contributed by atoms with E-state index in [-0.39, 0.29) is 0 Å². The minimum absolute atomic E-state index is 0.401. The smallest absolute Gasteiger partial charge is 0.324 e. The van der Waals surface area contributed by atoms with E-state index in [0.717, 1.165) is 0 Å². The van der Waals surface area contributed by atoms with Gasteiger partial charge >= 0.3 is 21.5 Å². The first-order chi connectivity index (χ1) is 8.11. The van der Waals surface area contributed by atoms with Gasteiger partial charge in [-0.3, -0.25) is 9.11 Å². The fourth-order valence-electron chi connectivity index (χ4n) is 1.36. The summed E-state index contributed by atoms with van der Waals surface area (Å²) in [6.45, 7) is 0. The van der Waals surface area contributed by atoms with Crippen molar-refractivity contribution in [3.8, 4) is 0 Å². The zero-order chi connectivity index (χ0) is 14.1. The maximum atomic E-state index is 11.0. The third-order valence-electron chi connectivity index (χ3n) is 2.11. The Balaban J connectivity index is 3.66. The van der Waals surface area contributed by atoms with Gasteiger partial charge in [0.15, 0.2) is 4.91 Å². The van der Waals surface area contributed by atoms with Crippen molar-refractivity contribution in [1.29, 1.82) is 0 Å². The molecule has 0 aliphatic heterocycles. The molecule has 1 unspecified atom stereocenters. The highest BCUT2D eigenvalue weighted by Crippen LogP contribution is 2.20. The second kappa shape index (κ2) is 4.53. The first-order valence-corrected chi connectivity index (χ1v) is 7.13. The van der Waals surface area contributed by atoms with Crippen LogP contribution in [0.25, 0.3) is 11.1 Å². The maximum absolute atomic E-state index is 11.0. The highest BCUT2D eigenvalue weighted by Gasteiger charge is 2.46. The predicted octanol–water partition coefficient (Wildman–Crippen LogP) is -1.24. The monoisotopic (exact) mass is 294 g/mol. The van der Waals surface area contributed by atoms with Gasteiger partial charge in [0, 0.05) is 0 Å². The second-order valence-electron chi connectivity index (χ2n) is 3.26. The number of hydrogen-bond acceptors (Lipinski definition) is 4. The van der Waals surface area contributed by atoms with Crippen molar-refractivity contribution in [2.45, 2.75) is 11.7 Å². The van der Waals surface area contributed by atoms with Gasteiger partial charge in [0.05, 0.1) is 0 Å². The van der Waals surface area contributed by atoms with E-state index in [1.807, 2.05) is 0 Å². The van der Waals surface area contributed by atoms with Gasteiger partial charge in [-0.2, -0.15) is 26.4 Å². The van der Waals surface area contributed by atoms with Gasteiger partial charge in [0.1, 0.15) is 6.42 Å². The average molecular weight is 294 g/mol. The van der Waals surface area contributed by atoms with E-state index >= 15 is 0 Å². The summed E-state index contributed by atoms with van der Waals surface area (Å²) in [6.07, 6.45) is -0.276. The first kappa shape index (κ1) is 14.4. The molecule has 18 heavy (non-hydrogen) atoms. The largest absolute Gasteiger partial charge is 0.362 e.